The van der Waals surface area contributed by atoms with Gasteiger partial charge in [0.25, 0.3) is 5.91 Å². The number of para-hydroxylation sites is 1. The van der Waals surface area contributed by atoms with Gasteiger partial charge >= 0.3 is 0 Å². The van der Waals surface area contributed by atoms with E-state index in [1.165, 1.54) is 11.8 Å². The van der Waals surface area contributed by atoms with E-state index in [1.807, 2.05) is 30.5 Å². The molecule has 4 nitrogen and oxygen atoms in total. The summed E-state index contributed by atoms with van der Waals surface area (Å²) in [5, 5.41) is 4.31. The van der Waals surface area contributed by atoms with Crippen molar-refractivity contribution in [2.75, 3.05) is 6.26 Å². The number of rotatable bonds is 4. The van der Waals surface area contributed by atoms with Crippen molar-refractivity contribution >= 4 is 33.7 Å². The molecule has 0 bridgehead atoms. The van der Waals surface area contributed by atoms with Crippen molar-refractivity contribution in [2.24, 2.45) is 5.92 Å². The number of hydrogen-bond donors (Lipinski definition) is 1. The number of hydrogen-bond acceptors (Lipinski definition) is 4. The first-order chi connectivity index (χ1) is 11.7. The normalized spacial score (nSPS) is 20.7. The average Bonchev–Trinajstić information content (AvgIpc) is 2.62. The molecule has 1 aliphatic rings. The van der Waals surface area contributed by atoms with Crippen molar-refractivity contribution in [1.29, 1.82) is 0 Å². The lowest BCUT2D eigenvalue weighted by molar-refractivity contribution is -0.112. The van der Waals surface area contributed by atoms with Crippen molar-refractivity contribution < 1.29 is 9.59 Å². The number of carbonyl (C=O) groups is 2. The summed E-state index contributed by atoms with van der Waals surface area (Å²) in [6.45, 7) is 0. The molecular formula is C19H22N2O2S. The van der Waals surface area contributed by atoms with Crippen LogP contribution in [0, 0.1) is 5.92 Å². The third kappa shape index (κ3) is 3.96. The monoisotopic (exact) mass is 342 g/mol. The Morgan fingerprint density at radius 2 is 1.92 bits per heavy atom. The van der Waals surface area contributed by atoms with Crippen LogP contribution in [0.3, 0.4) is 0 Å². The molecule has 1 aliphatic carbocycles. The van der Waals surface area contributed by atoms with Gasteiger partial charge in [0.15, 0.2) is 5.12 Å². The first-order valence-corrected chi connectivity index (χ1v) is 9.61. The Morgan fingerprint density at radius 1 is 1.17 bits per heavy atom. The molecule has 3 rings (SSSR count). The number of nitrogens with zero attached hydrogens (tertiary/aromatic N) is 1. The molecule has 1 aromatic heterocycles. The molecule has 24 heavy (non-hydrogen) atoms. The fourth-order valence-electron chi connectivity index (χ4n) is 3.39. The Hall–Kier alpha value is -1.88. The van der Waals surface area contributed by atoms with Gasteiger partial charge in [0.1, 0.15) is 0 Å². The molecule has 0 aliphatic heterocycles. The number of thioether (sulfide) groups is 1. The lowest BCUT2D eigenvalue weighted by Crippen LogP contribution is -2.37. The van der Waals surface area contributed by atoms with Gasteiger partial charge in [0.05, 0.1) is 11.1 Å². The van der Waals surface area contributed by atoms with Crippen LogP contribution in [0.25, 0.3) is 10.9 Å². The molecule has 1 N–H and O–H groups in total. The van der Waals surface area contributed by atoms with E-state index in [1.54, 1.807) is 12.3 Å². The lowest BCUT2D eigenvalue weighted by Gasteiger charge is -2.28. The highest BCUT2D eigenvalue weighted by Crippen LogP contribution is 2.28. The van der Waals surface area contributed by atoms with Crippen LogP contribution in [0.2, 0.25) is 0 Å². The predicted molar refractivity (Wildman–Crippen MR) is 98.1 cm³/mol. The van der Waals surface area contributed by atoms with E-state index in [-0.39, 0.29) is 17.1 Å². The van der Waals surface area contributed by atoms with Crippen molar-refractivity contribution in [3.05, 3.63) is 42.1 Å². The number of benzene rings is 1. The number of aromatic nitrogens is 1. The van der Waals surface area contributed by atoms with E-state index in [4.69, 9.17) is 0 Å². The van der Waals surface area contributed by atoms with Crippen LogP contribution >= 0.6 is 11.8 Å². The fraction of sp³-hybridized carbons (Fsp3) is 0.421. The van der Waals surface area contributed by atoms with Crippen molar-refractivity contribution in [1.82, 2.24) is 10.3 Å². The minimum Gasteiger partial charge on any atom is -0.349 e. The molecule has 1 heterocycles. The Kier molecular flexibility index (Phi) is 5.51. The fourth-order valence-corrected chi connectivity index (χ4v) is 3.79. The van der Waals surface area contributed by atoms with Gasteiger partial charge in [0, 0.05) is 24.0 Å². The Morgan fingerprint density at radius 3 is 2.67 bits per heavy atom. The highest BCUT2D eigenvalue weighted by Gasteiger charge is 2.24. The number of nitrogens with one attached hydrogen (secondary N) is 1. The maximum atomic E-state index is 12.6. The first-order valence-electron chi connectivity index (χ1n) is 8.39. The second-order valence-electron chi connectivity index (χ2n) is 6.35. The van der Waals surface area contributed by atoms with Crippen molar-refractivity contribution in [3.63, 3.8) is 0 Å². The lowest BCUT2D eigenvalue weighted by atomic mass is 9.84. The molecule has 1 fully saturated rings. The highest BCUT2D eigenvalue weighted by molar-refractivity contribution is 8.13. The van der Waals surface area contributed by atoms with Crippen LogP contribution in [0.4, 0.5) is 0 Å². The molecule has 0 unspecified atom stereocenters. The summed E-state index contributed by atoms with van der Waals surface area (Å²) in [6, 6.07) is 9.68. The first kappa shape index (κ1) is 17.0. The van der Waals surface area contributed by atoms with E-state index in [2.05, 4.69) is 10.3 Å². The predicted octanol–water partition coefficient (Wildman–Crippen LogP) is 3.80. The van der Waals surface area contributed by atoms with Crippen molar-refractivity contribution in [2.45, 2.75) is 38.1 Å². The van der Waals surface area contributed by atoms with E-state index in [0.29, 0.717) is 17.9 Å². The van der Waals surface area contributed by atoms with E-state index in [0.717, 1.165) is 36.6 Å². The number of carbonyl (C=O) groups excluding carboxylic acids is 2. The van der Waals surface area contributed by atoms with Crippen LogP contribution in [-0.4, -0.2) is 28.3 Å². The topological polar surface area (TPSA) is 59.1 Å². The summed E-state index contributed by atoms with van der Waals surface area (Å²) in [7, 11) is 0. The van der Waals surface area contributed by atoms with E-state index in [9.17, 15) is 9.59 Å². The molecule has 0 atom stereocenters. The largest absolute Gasteiger partial charge is 0.349 e. The summed E-state index contributed by atoms with van der Waals surface area (Å²) < 4.78 is 0. The summed E-state index contributed by atoms with van der Waals surface area (Å²) in [5.41, 5.74) is 1.52. The highest BCUT2D eigenvalue weighted by atomic mass is 32.2. The van der Waals surface area contributed by atoms with Gasteiger partial charge in [-0.1, -0.05) is 30.0 Å². The zero-order valence-corrected chi connectivity index (χ0v) is 14.6. The smallest absolute Gasteiger partial charge is 0.252 e. The van der Waals surface area contributed by atoms with Crippen LogP contribution in [0.15, 0.2) is 36.5 Å². The van der Waals surface area contributed by atoms with Crippen LogP contribution in [0.5, 0.6) is 0 Å². The van der Waals surface area contributed by atoms with E-state index >= 15 is 0 Å². The molecule has 0 saturated heterocycles. The maximum Gasteiger partial charge on any atom is 0.252 e. The number of pyridine rings is 1. The van der Waals surface area contributed by atoms with Crippen molar-refractivity contribution in [3.8, 4) is 0 Å². The van der Waals surface area contributed by atoms with E-state index < -0.39 is 0 Å². The van der Waals surface area contributed by atoms with Crippen LogP contribution < -0.4 is 5.32 Å². The van der Waals surface area contributed by atoms with Gasteiger partial charge in [-0.05, 0) is 50.0 Å². The Bertz CT molecular complexity index is 734. The quantitative estimate of drug-likeness (QED) is 0.918. The van der Waals surface area contributed by atoms with Gasteiger partial charge in [-0.25, -0.2) is 0 Å². The minimum atomic E-state index is -0.0303. The maximum absolute atomic E-state index is 12.6. The third-order valence-corrected chi connectivity index (χ3v) is 5.38. The summed E-state index contributed by atoms with van der Waals surface area (Å²) in [5.74, 6) is 0.442. The summed E-state index contributed by atoms with van der Waals surface area (Å²) >= 11 is 1.31. The Balaban J connectivity index is 1.61. The number of amides is 1. The van der Waals surface area contributed by atoms with Crippen LogP contribution in [0.1, 0.15) is 42.5 Å². The van der Waals surface area contributed by atoms with Crippen LogP contribution in [-0.2, 0) is 4.79 Å². The van der Waals surface area contributed by atoms with Gasteiger partial charge in [-0.15, -0.1) is 0 Å². The average molecular weight is 342 g/mol. The SMILES string of the molecule is CSC(=O)CC1CCC(NC(=O)c2ccnc3ccccc23)CC1. The minimum absolute atomic E-state index is 0.0303. The summed E-state index contributed by atoms with van der Waals surface area (Å²) in [6.07, 6.45) is 8.09. The molecule has 5 heteroatoms. The molecule has 0 radical (unpaired) electrons. The molecule has 1 saturated carbocycles. The molecule has 2 aromatic rings. The molecule has 1 amide bonds. The van der Waals surface area contributed by atoms with Gasteiger partial charge < -0.3 is 5.32 Å². The molecule has 1 aromatic carbocycles. The number of fused-ring (bicyclic) bond motifs is 1. The molecule has 0 spiro atoms. The third-order valence-electron chi connectivity index (χ3n) is 4.76. The summed E-state index contributed by atoms with van der Waals surface area (Å²) in [4.78, 5) is 28.5. The second kappa shape index (κ2) is 7.79. The zero-order valence-electron chi connectivity index (χ0n) is 13.8. The standard InChI is InChI=1S/C19H22N2O2S/c1-24-18(22)12-13-6-8-14(9-7-13)21-19(23)16-10-11-20-17-5-3-2-4-15(16)17/h2-5,10-11,13-14H,6-9,12H2,1H3,(H,21,23). The molecule has 126 valence electrons. The molecular weight excluding hydrogens is 320 g/mol. The Labute approximate surface area is 146 Å². The second-order valence-corrected chi connectivity index (χ2v) is 7.21. The zero-order chi connectivity index (χ0) is 16.9. The van der Waals surface area contributed by atoms with Gasteiger partial charge in [-0.2, -0.15) is 0 Å². The van der Waals surface area contributed by atoms with Gasteiger partial charge in [0.2, 0.25) is 0 Å². The van der Waals surface area contributed by atoms with Gasteiger partial charge in [-0.3, -0.25) is 14.6 Å².